The SMILES string of the molecule is CC(C)(C)c1csc(NC(=O)CN2C[C@H]3C[C@@H](Oc4ccc(F)cc4)[C@H](O)C[C@H]3C2)n1. The monoisotopic (exact) mass is 447 g/mol. The van der Waals surface area contributed by atoms with Gasteiger partial charge in [-0.25, -0.2) is 9.37 Å². The van der Waals surface area contributed by atoms with Crippen LogP contribution in [-0.2, 0) is 10.2 Å². The molecule has 1 saturated heterocycles. The maximum absolute atomic E-state index is 13.1. The van der Waals surface area contributed by atoms with Crippen molar-refractivity contribution in [2.24, 2.45) is 11.8 Å². The Labute approximate surface area is 186 Å². The van der Waals surface area contributed by atoms with E-state index >= 15 is 0 Å². The Morgan fingerprint density at radius 1 is 1.26 bits per heavy atom. The Balaban J connectivity index is 1.29. The van der Waals surface area contributed by atoms with Crippen LogP contribution in [0.4, 0.5) is 9.52 Å². The fourth-order valence-corrected chi connectivity index (χ4v) is 5.42. The summed E-state index contributed by atoms with van der Waals surface area (Å²) in [4.78, 5) is 19.2. The summed E-state index contributed by atoms with van der Waals surface area (Å²) in [7, 11) is 0. The molecule has 2 heterocycles. The number of likely N-dealkylation sites (tertiary alicyclic amines) is 1. The average Bonchev–Trinajstić information content (AvgIpc) is 3.30. The highest BCUT2D eigenvalue weighted by Crippen LogP contribution is 2.38. The van der Waals surface area contributed by atoms with Gasteiger partial charge in [0.05, 0.1) is 18.3 Å². The molecule has 0 radical (unpaired) electrons. The predicted octanol–water partition coefficient (Wildman–Crippen LogP) is 3.67. The third kappa shape index (κ3) is 5.42. The van der Waals surface area contributed by atoms with Gasteiger partial charge in [0, 0.05) is 23.9 Å². The molecule has 8 heteroatoms. The van der Waals surface area contributed by atoms with Crippen molar-refractivity contribution in [3.63, 3.8) is 0 Å². The number of nitrogens with zero attached hydrogens (tertiary/aromatic N) is 2. The lowest BCUT2D eigenvalue weighted by atomic mass is 9.78. The first-order valence-electron chi connectivity index (χ1n) is 10.8. The summed E-state index contributed by atoms with van der Waals surface area (Å²) in [6.07, 6.45) is 0.497. The number of hydrogen-bond acceptors (Lipinski definition) is 6. The van der Waals surface area contributed by atoms with E-state index in [0.717, 1.165) is 25.2 Å². The largest absolute Gasteiger partial charge is 0.488 e. The lowest BCUT2D eigenvalue weighted by molar-refractivity contribution is -0.117. The third-order valence-corrected chi connectivity index (χ3v) is 6.91. The smallest absolute Gasteiger partial charge is 0.240 e. The zero-order chi connectivity index (χ0) is 22.2. The number of benzene rings is 1. The Kier molecular flexibility index (Phi) is 6.32. The van der Waals surface area contributed by atoms with Gasteiger partial charge in [0.25, 0.3) is 0 Å². The van der Waals surface area contributed by atoms with Crippen LogP contribution in [0.1, 0.15) is 39.3 Å². The van der Waals surface area contributed by atoms with Crippen molar-refractivity contribution in [3.8, 4) is 5.75 Å². The number of aliphatic hydroxyl groups is 1. The van der Waals surface area contributed by atoms with Crippen LogP contribution in [0.2, 0.25) is 0 Å². The van der Waals surface area contributed by atoms with Gasteiger partial charge in [-0.2, -0.15) is 0 Å². The number of anilines is 1. The number of aliphatic hydroxyl groups excluding tert-OH is 1. The number of aromatic nitrogens is 1. The number of fused-ring (bicyclic) bond motifs is 1. The molecular formula is C23H30FN3O3S. The number of carbonyl (C=O) groups is 1. The van der Waals surface area contributed by atoms with Crippen LogP contribution in [-0.4, -0.2) is 52.7 Å². The highest BCUT2D eigenvalue weighted by atomic mass is 32.1. The molecule has 4 atom stereocenters. The first kappa shape index (κ1) is 22.2. The lowest BCUT2D eigenvalue weighted by Gasteiger charge is -2.35. The molecule has 0 unspecified atom stereocenters. The van der Waals surface area contributed by atoms with Crippen molar-refractivity contribution in [3.05, 3.63) is 41.2 Å². The van der Waals surface area contributed by atoms with Crippen LogP contribution in [0.15, 0.2) is 29.6 Å². The number of ether oxygens (including phenoxy) is 1. The van der Waals surface area contributed by atoms with Gasteiger partial charge in [0.15, 0.2) is 5.13 Å². The number of carbonyl (C=O) groups excluding carboxylic acids is 1. The molecule has 1 saturated carbocycles. The van der Waals surface area contributed by atoms with Gasteiger partial charge < -0.3 is 15.2 Å². The van der Waals surface area contributed by atoms with E-state index in [4.69, 9.17) is 4.74 Å². The van der Waals surface area contributed by atoms with E-state index in [0.29, 0.717) is 35.7 Å². The second kappa shape index (κ2) is 8.84. The number of amides is 1. The Hall–Kier alpha value is -2.03. The number of nitrogens with one attached hydrogen (secondary N) is 1. The molecular weight excluding hydrogens is 417 g/mol. The molecule has 31 heavy (non-hydrogen) atoms. The molecule has 4 rings (SSSR count). The third-order valence-electron chi connectivity index (χ3n) is 6.15. The molecule has 6 nitrogen and oxygen atoms in total. The topological polar surface area (TPSA) is 74.7 Å². The van der Waals surface area contributed by atoms with Gasteiger partial charge >= 0.3 is 0 Å². The zero-order valence-corrected chi connectivity index (χ0v) is 19.0. The van der Waals surface area contributed by atoms with E-state index in [2.05, 4.69) is 36.0 Å². The van der Waals surface area contributed by atoms with Crippen LogP contribution in [0.25, 0.3) is 0 Å². The van der Waals surface area contributed by atoms with Crippen molar-refractivity contribution in [1.29, 1.82) is 0 Å². The number of rotatable bonds is 5. The summed E-state index contributed by atoms with van der Waals surface area (Å²) in [5.74, 6) is 0.912. The maximum Gasteiger partial charge on any atom is 0.240 e. The summed E-state index contributed by atoms with van der Waals surface area (Å²) in [6, 6.07) is 5.89. The molecule has 2 fully saturated rings. The molecule has 1 amide bonds. The first-order chi connectivity index (χ1) is 14.7. The van der Waals surface area contributed by atoms with Crippen molar-refractivity contribution in [2.75, 3.05) is 25.0 Å². The van der Waals surface area contributed by atoms with Gasteiger partial charge in [0.2, 0.25) is 5.91 Å². The Morgan fingerprint density at radius 2 is 1.94 bits per heavy atom. The van der Waals surface area contributed by atoms with E-state index in [-0.39, 0.29) is 23.2 Å². The highest BCUT2D eigenvalue weighted by Gasteiger charge is 2.43. The number of thiazole rings is 1. The first-order valence-corrected chi connectivity index (χ1v) is 11.6. The molecule has 168 valence electrons. The van der Waals surface area contributed by atoms with Gasteiger partial charge in [-0.3, -0.25) is 9.69 Å². The van der Waals surface area contributed by atoms with Crippen LogP contribution >= 0.6 is 11.3 Å². The molecule has 1 aliphatic heterocycles. The van der Waals surface area contributed by atoms with Crippen LogP contribution in [0.3, 0.4) is 0 Å². The second-order valence-corrected chi connectivity index (χ2v) is 10.6. The van der Waals surface area contributed by atoms with E-state index in [1.165, 1.54) is 23.5 Å². The highest BCUT2D eigenvalue weighted by molar-refractivity contribution is 7.13. The zero-order valence-electron chi connectivity index (χ0n) is 18.2. The molecule has 2 N–H and O–H groups in total. The van der Waals surface area contributed by atoms with Crippen LogP contribution in [0, 0.1) is 17.7 Å². The second-order valence-electron chi connectivity index (χ2n) is 9.70. The number of halogens is 1. The van der Waals surface area contributed by atoms with Gasteiger partial charge in [-0.1, -0.05) is 20.8 Å². The van der Waals surface area contributed by atoms with Gasteiger partial charge in [-0.05, 0) is 48.9 Å². The molecule has 1 aromatic carbocycles. The van der Waals surface area contributed by atoms with Crippen molar-refractivity contribution in [2.45, 2.75) is 51.2 Å². The minimum atomic E-state index is -0.564. The molecule has 2 aromatic rings. The van der Waals surface area contributed by atoms with E-state index in [9.17, 15) is 14.3 Å². The molecule has 1 aliphatic carbocycles. The fraction of sp³-hybridized carbons (Fsp3) is 0.565. The average molecular weight is 448 g/mol. The molecule has 2 aliphatic rings. The quantitative estimate of drug-likeness (QED) is 0.732. The van der Waals surface area contributed by atoms with Crippen LogP contribution < -0.4 is 10.1 Å². The maximum atomic E-state index is 13.1. The van der Waals surface area contributed by atoms with E-state index in [1.54, 1.807) is 12.1 Å². The van der Waals surface area contributed by atoms with E-state index in [1.807, 2.05) is 5.38 Å². The Morgan fingerprint density at radius 3 is 2.58 bits per heavy atom. The minimum absolute atomic E-state index is 0.0442. The summed E-state index contributed by atoms with van der Waals surface area (Å²) in [5.41, 5.74) is 0.929. The molecule has 0 bridgehead atoms. The molecule has 0 spiro atoms. The summed E-state index contributed by atoms with van der Waals surface area (Å²) >= 11 is 1.45. The van der Waals surface area contributed by atoms with Gasteiger partial charge in [0.1, 0.15) is 17.7 Å². The van der Waals surface area contributed by atoms with E-state index < -0.39 is 6.10 Å². The Bertz CT molecular complexity index is 912. The van der Waals surface area contributed by atoms with Crippen molar-refractivity contribution >= 4 is 22.4 Å². The standard InChI is InChI=1S/C23H30FN3O3S/c1-23(2,3)20-13-31-22(25-20)26-21(29)12-27-10-14-8-18(28)19(9-15(14)11-27)30-17-6-4-16(24)5-7-17/h4-7,13-15,18-19,28H,8-12H2,1-3H3,(H,25,26,29)/t14-,15+,18+,19+/m0/s1. The minimum Gasteiger partial charge on any atom is -0.488 e. The van der Waals surface area contributed by atoms with Crippen LogP contribution in [0.5, 0.6) is 5.75 Å². The summed E-state index contributed by atoms with van der Waals surface area (Å²) in [5, 5.41) is 16.1. The normalized spacial score (nSPS) is 26.5. The summed E-state index contributed by atoms with van der Waals surface area (Å²) in [6.45, 7) is 8.21. The fourth-order valence-electron chi connectivity index (χ4n) is 4.47. The molecule has 1 aromatic heterocycles. The van der Waals surface area contributed by atoms with Gasteiger partial charge in [-0.15, -0.1) is 11.3 Å². The summed E-state index contributed by atoms with van der Waals surface area (Å²) < 4.78 is 19.0. The van der Waals surface area contributed by atoms with Crippen molar-refractivity contribution < 1.29 is 19.0 Å². The number of hydrogen-bond donors (Lipinski definition) is 2. The van der Waals surface area contributed by atoms with Crippen molar-refractivity contribution in [1.82, 2.24) is 9.88 Å². The predicted molar refractivity (Wildman–Crippen MR) is 119 cm³/mol. The lowest BCUT2D eigenvalue weighted by Crippen LogP contribution is -2.42.